The molecule has 3 aliphatic rings. The molecule has 5 rings (SSSR count). The lowest BCUT2D eigenvalue weighted by Gasteiger charge is -2.27. The normalized spacial score (nSPS) is 20.3. The summed E-state index contributed by atoms with van der Waals surface area (Å²) in [7, 11) is 1.66. The summed E-state index contributed by atoms with van der Waals surface area (Å²) in [6.45, 7) is 3.09. The number of anilines is 1. The predicted molar refractivity (Wildman–Crippen MR) is 144 cm³/mol. The van der Waals surface area contributed by atoms with E-state index >= 15 is 0 Å². The number of hydrogen-bond donors (Lipinski definition) is 2. The van der Waals surface area contributed by atoms with Crippen LogP contribution in [0.25, 0.3) is 0 Å². The van der Waals surface area contributed by atoms with Crippen molar-refractivity contribution < 1.29 is 19.4 Å². The van der Waals surface area contributed by atoms with Gasteiger partial charge in [0.25, 0.3) is 0 Å². The number of carboxylic acid groups (broad SMARTS) is 1. The highest BCUT2D eigenvalue weighted by Crippen LogP contribution is 2.39. The smallest absolute Gasteiger partial charge is 0.325 e. The van der Waals surface area contributed by atoms with Crippen LogP contribution in [0.2, 0.25) is 0 Å². The van der Waals surface area contributed by atoms with Crippen molar-refractivity contribution in [3.05, 3.63) is 52.7 Å². The van der Waals surface area contributed by atoms with Gasteiger partial charge in [0.2, 0.25) is 0 Å². The molecule has 1 aliphatic carbocycles. The molecule has 1 saturated heterocycles. The van der Waals surface area contributed by atoms with Crippen LogP contribution >= 0.6 is 0 Å². The minimum Gasteiger partial charge on any atom is -0.496 e. The first-order valence-electron chi connectivity index (χ1n) is 14.1. The number of nitrogens with zero attached hydrogens (tertiary/aromatic N) is 2. The zero-order valence-corrected chi connectivity index (χ0v) is 22.1. The summed E-state index contributed by atoms with van der Waals surface area (Å²) in [6, 6.07) is 9.66. The number of pyridine rings is 1. The van der Waals surface area contributed by atoms with Crippen molar-refractivity contribution in [1.29, 1.82) is 0 Å². The van der Waals surface area contributed by atoms with Crippen LogP contribution in [-0.4, -0.2) is 60.4 Å². The molecular formula is C30H41N3O4. The number of carbonyl (C=O) groups is 1. The Morgan fingerprint density at radius 3 is 2.89 bits per heavy atom. The second-order valence-electron chi connectivity index (χ2n) is 10.9. The van der Waals surface area contributed by atoms with E-state index in [1.165, 1.54) is 24.8 Å². The molecule has 2 aliphatic heterocycles. The number of benzene rings is 1. The first-order valence-corrected chi connectivity index (χ1v) is 14.1. The number of fused-ring (bicyclic) bond motifs is 1. The molecule has 2 atom stereocenters. The van der Waals surface area contributed by atoms with Gasteiger partial charge >= 0.3 is 5.97 Å². The molecule has 0 spiro atoms. The van der Waals surface area contributed by atoms with Gasteiger partial charge in [-0.15, -0.1) is 0 Å². The topological polar surface area (TPSA) is 83.9 Å². The van der Waals surface area contributed by atoms with Gasteiger partial charge in [-0.1, -0.05) is 30.7 Å². The van der Waals surface area contributed by atoms with Crippen molar-refractivity contribution in [2.24, 2.45) is 5.92 Å². The van der Waals surface area contributed by atoms with E-state index in [1.54, 1.807) is 7.11 Å². The number of carboxylic acids is 1. The number of aromatic nitrogens is 1. The molecule has 1 aromatic heterocycles. The summed E-state index contributed by atoms with van der Waals surface area (Å²) < 4.78 is 11.9. The summed E-state index contributed by atoms with van der Waals surface area (Å²) in [6.07, 6.45) is 10.9. The van der Waals surface area contributed by atoms with E-state index in [0.717, 1.165) is 93.0 Å². The molecule has 0 amide bonds. The molecule has 2 N–H and O–H groups in total. The number of unbranched alkanes of at least 4 members (excludes halogenated alkanes) is 2. The first kappa shape index (κ1) is 26.0. The van der Waals surface area contributed by atoms with E-state index in [9.17, 15) is 9.90 Å². The number of rotatable bonds is 13. The lowest BCUT2D eigenvalue weighted by Crippen LogP contribution is -2.34. The van der Waals surface area contributed by atoms with Crippen molar-refractivity contribution in [2.45, 2.75) is 76.4 Å². The molecule has 2 aromatic rings. The summed E-state index contributed by atoms with van der Waals surface area (Å²) in [5, 5.41) is 13.6. The minimum atomic E-state index is -0.825. The Kier molecular flexibility index (Phi) is 8.62. The average Bonchev–Trinajstić information content (AvgIpc) is 3.61. The van der Waals surface area contributed by atoms with E-state index in [0.29, 0.717) is 12.5 Å². The number of hydrogen-bond acceptors (Lipinski definition) is 6. The highest BCUT2D eigenvalue weighted by atomic mass is 16.5. The zero-order chi connectivity index (χ0) is 25.6. The molecule has 3 heterocycles. The molecule has 0 bridgehead atoms. The van der Waals surface area contributed by atoms with Gasteiger partial charge in [0, 0.05) is 37.5 Å². The number of likely N-dealkylation sites (tertiary alicyclic amines) is 1. The minimum absolute atomic E-state index is 0.0795. The Morgan fingerprint density at radius 1 is 1.19 bits per heavy atom. The molecule has 1 aromatic carbocycles. The third-order valence-electron chi connectivity index (χ3n) is 7.99. The Bertz CT molecular complexity index is 1070. The summed E-state index contributed by atoms with van der Waals surface area (Å²) in [5.74, 6) is 1.71. The monoisotopic (exact) mass is 507 g/mol. The van der Waals surface area contributed by atoms with Gasteiger partial charge < -0.3 is 19.9 Å². The number of aryl methyl sites for hydroxylation is 2. The molecule has 7 heteroatoms. The van der Waals surface area contributed by atoms with E-state index in [-0.39, 0.29) is 6.10 Å². The number of nitrogens with one attached hydrogen (secondary N) is 1. The van der Waals surface area contributed by atoms with Crippen LogP contribution in [0, 0.1) is 5.92 Å². The van der Waals surface area contributed by atoms with Crippen molar-refractivity contribution in [2.75, 3.05) is 38.7 Å². The Morgan fingerprint density at radius 2 is 2.08 bits per heavy atom. The predicted octanol–water partition coefficient (Wildman–Crippen LogP) is 5.03. The molecule has 1 saturated carbocycles. The lowest BCUT2D eigenvalue weighted by atomic mass is 9.98. The molecule has 0 radical (unpaired) electrons. The SMILES string of the molecule is COc1c(CC2CC2)cccc1[C@H](C(=O)O)N1CC[C@@H](OCCCCCc2ccc3c(n2)NCCC3)C1. The van der Waals surface area contributed by atoms with Crippen molar-refractivity contribution in [3.63, 3.8) is 0 Å². The van der Waals surface area contributed by atoms with Crippen LogP contribution < -0.4 is 10.1 Å². The number of methoxy groups -OCH3 is 1. The van der Waals surface area contributed by atoms with E-state index in [1.807, 2.05) is 17.0 Å². The third kappa shape index (κ3) is 6.63. The van der Waals surface area contributed by atoms with Crippen LogP contribution in [0.5, 0.6) is 5.75 Å². The highest BCUT2D eigenvalue weighted by molar-refractivity contribution is 5.77. The van der Waals surface area contributed by atoms with E-state index in [2.05, 4.69) is 23.5 Å². The van der Waals surface area contributed by atoms with Gasteiger partial charge in [0.1, 0.15) is 17.6 Å². The fourth-order valence-corrected chi connectivity index (χ4v) is 5.82. The zero-order valence-electron chi connectivity index (χ0n) is 22.1. The second-order valence-corrected chi connectivity index (χ2v) is 10.9. The van der Waals surface area contributed by atoms with Crippen LogP contribution in [-0.2, 0) is 28.8 Å². The van der Waals surface area contributed by atoms with Gasteiger partial charge in [-0.25, -0.2) is 4.98 Å². The molecule has 2 fully saturated rings. The van der Waals surface area contributed by atoms with Crippen molar-refractivity contribution in [1.82, 2.24) is 9.88 Å². The van der Waals surface area contributed by atoms with Crippen LogP contribution in [0.4, 0.5) is 5.82 Å². The van der Waals surface area contributed by atoms with Crippen molar-refractivity contribution in [3.8, 4) is 5.75 Å². The summed E-state index contributed by atoms with van der Waals surface area (Å²) >= 11 is 0. The Labute approximate surface area is 220 Å². The molecule has 200 valence electrons. The first-order chi connectivity index (χ1) is 18.1. The maximum atomic E-state index is 12.4. The van der Waals surface area contributed by atoms with Crippen LogP contribution in [0.3, 0.4) is 0 Å². The van der Waals surface area contributed by atoms with Crippen LogP contribution in [0.1, 0.15) is 73.4 Å². The van der Waals surface area contributed by atoms with Gasteiger partial charge in [-0.05, 0) is 80.9 Å². The van der Waals surface area contributed by atoms with Crippen molar-refractivity contribution >= 4 is 11.8 Å². The largest absolute Gasteiger partial charge is 0.496 e. The second kappa shape index (κ2) is 12.3. The molecule has 37 heavy (non-hydrogen) atoms. The number of para-hydroxylation sites is 1. The molecule has 7 nitrogen and oxygen atoms in total. The fraction of sp³-hybridized carbons (Fsp3) is 0.600. The number of ether oxygens (including phenoxy) is 2. The quantitative estimate of drug-likeness (QED) is 0.368. The van der Waals surface area contributed by atoms with E-state index < -0.39 is 12.0 Å². The average molecular weight is 508 g/mol. The maximum Gasteiger partial charge on any atom is 0.325 e. The molecular weight excluding hydrogens is 466 g/mol. The Balaban J connectivity index is 1.07. The van der Waals surface area contributed by atoms with Gasteiger partial charge in [-0.3, -0.25) is 9.69 Å². The van der Waals surface area contributed by atoms with Crippen LogP contribution in [0.15, 0.2) is 30.3 Å². The standard InChI is InChI=1S/C30H41N3O4/c1-36-28-23(19-21-11-12-21)7-5-10-26(28)27(30(34)35)33-17-15-25(20-33)37-18-4-2-3-9-24-14-13-22-8-6-16-31-29(22)32-24/h5,7,10,13-14,21,25,27H,2-4,6,8-9,11-12,15-20H2,1H3,(H,31,32)(H,34,35)/t25-,27-/m1/s1. The number of aliphatic carboxylic acids is 1. The highest BCUT2D eigenvalue weighted by Gasteiger charge is 2.36. The lowest BCUT2D eigenvalue weighted by molar-refractivity contribution is -0.143. The fourth-order valence-electron chi connectivity index (χ4n) is 5.82. The Hall–Kier alpha value is -2.64. The summed E-state index contributed by atoms with van der Waals surface area (Å²) in [4.78, 5) is 19.2. The molecule has 0 unspecified atom stereocenters. The van der Waals surface area contributed by atoms with Gasteiger partial charge in [0.15, 0.2) is 0 Å². The van der Waals surface area contributed by atoms with E-state index in [4.69, 9.17) is 14.5 Å². The van der Waals surface area contributed by atoms with Gasteiger partial charge in [0.05, 0.1) is 13.2 Å². The summed E-state index contributed by atoms with van der Waals surface area (Å²) in [5.41, 5.74) is 4.39. The van der Waals surface area contributed by atoms with Gasteiger partial charge in [-0.2, -0.15) is 0 Å². The maximum absolute atomic E-state index is 12.4. The third-order valence-corrected chi connectivity index (χ3v) is 7.99.